The monoisotopic (exact) mass is 209 g/mol. The van der Waals surface area contributed by atoms with Crippen LogP contribution in [0.15, 0.2) is 18.5 Å². The minimum absolute atomic E-state index is 0.00243. The Kier molecular flexibility index (Phi) is 2.52. The van der Waals surface area contributed by atoms with Crippen molar-refractivity contribution in [1.29, 1.82) is 0 Å². The quantitative estimate of drug-likeness (QED) is 0.821. The lowest BCUT2D eigenvalue weighted by Crippen LogP contribution is -2.43. The molecule has 1 aromatic rings. The zero-order valence-electron chi connectivity index (χ0n) is 8.77. The van der Waals surface area contributed by atoms with Gasteiger partial charge in [-0.2, -0.15) is 0 Å². The third kappa shape index (κ3) is 1.65. The Morgan fingerprint density at radius 3 is 2.80 bits per heavy atom. The highest BCUT2D eigenvalue weighted by Crippen LogP contribution is 2.39. The normalized spacial score (nSPS) is 18.5. The molecule has 0 unspecified atom stereocenters. The van der Waals surface area contributed by atoms with Crippen molar-refractivity contribution in [3.8, 4) is 0 Å². The predicted molar refractivity (Wildman–Crippen MR) is 55.1 cm³/mol. The third-order valence-electron chi connectivity index (χ3n) is 3.18. The molecule has 15 heavy (non-hydrogen) atoms. The lowest BCUT2D eigenvalue weighted by atomic mass is 9.77. The van der Waals surface area contributed by atoms with Gasteiger partial charge in [-0.1, -0.05) is 0 Å². The molecule has 1 aliphatic carbocycles. The number of carbonyl (C=O) groups is 1. The van der Waals surface area contributed by atoms with E-state index < -0.39 is 5.97 Å². The van der Waals surface area contributed by atoms with Crippen LogP contribution in [0.25, 0.3) is 0 Å². The second-order valence-electron chi connectivity index (χ2n) is 4.12. The maximum atomic E-state index is 10.8. The summed E-state index contributed by atoms with van der Waals surface area (Å²) in [5, 5.41) is 8.84. The summed E-state index contributed by atoms with van der Waals surface area (Å²) in [6, 6.07) is 1.64. The van der Waals surface area contributed by atoms with Crippen LogP contribution in [0.1, 0.15) is 29.6 Å². The highest BCUT2D eigenvalue weighted by Gasteiger charge is 2.38. The Bertz CT molecular complexity index is 366. The summed E-state index contributed by atoms with van der Waals surface area (Å²) in [5.74, 6) is -0.874. The standard InChI is InChI=1S/C11H15NO3/c1-15-8-11(4-2-5-11)12-6-3-9(7-12)10(13)14/h3,6-7H,2,4-5,8H2,1H3,(H,13,14). The van der Waals surface area contributed by atoms with Crippen molar-refractivity contribution in [2.24, 2.45) is 0 Å². The molecule has 0 amide bonds. The number of aromatic carboxylic acids is 1. The molecule has 2 rings (SSSR count). The molecule has 0 aromatic carbocycles. The van der Waals surface area contributed by atoms with Gasteiger partial charge in [-0.25, -0.2) is 4.79 Å². The number of hydrogen-bond donors (Lipinski definition) is 1. The highest BCUT2D eigenvalue weighted by atomic mass is 16.5. The van der Waals surface area contributed by atoms with Crippen molar-refractivity contribution in [3.05, 3.63) is 24.0 Å². The summed E-state index contributed by atoms with van der Waals surface area (Å²) >= 11 is 0. The highest BCUT2D eigenvalue weighted by molar-refractivity contribution is 5.87. The second-order valence-corrected chi connectivity index (χ2v) is 4.12. The smallest absolute Gasteiger partial charge is 0.337 e. The fourth-order valence-corrected chi connectivity index (χ4v) is 2.15. The minimum Gasteiger partial charge on any atom is -0.478 e. The number of nitrogens with zero attached hydrogens (tertiary/aromatic N) is 1. The minimum atomic E-state index is -0.874. The first kappa shape index (κ1) is 10.2. The molecule has 1 heterocycles. The summed E-state index contributed by atoms with van der Waals surface area (Å²) in [6.07, 6.45) is 6.84. The molecule has 0 atom stereocenters. The number of hydrogen-bond acceptors (Lipinski definition) is 2. The van der Waals surface area contributed by atoms with Crippen molar-refractivity contribution >= 4 is 5.97 Å². The largest absolute Gasteiger partial charge is 0.478 e. The van der Waals surface area contributed by atoms with E-state index >= 15 is 0 Å². The van der Waals surface area contributed by atoms with Gasteiger partial charge in [-0.15, -0.1) is 0 Å². The van der Waals surface area contributed by atoms with Gasteiger partial charge < -0.3 is 14.4 Å². The third-order valence-corrected chi connectivity index (χ3v) is 3.18. The van der Waals surface area contributed by atoms with E-state index in [1.165, 1.54) is 6.42 Å². The van der Waals surface area contributed by atoms with E-state index in [0.717, 1.165) is 12.8 Å². The van der Waals surface area contributed by atoms with Gasteiger partial charge >= 0.3 is 5.97 Å². The van der Waals surface area contributed by atoms with Gasteiger partial charge in [0.05, 0.1) is 17.7 Å². The van der Waals surface area contributed by atoms with Crippen molar-refractivity contribution in [2.75, 3.05) is 13.7 Å². The molecule has 1 aliphatic rings. The Labute approximate surface area is 88.5 Å². The van der Waals surface area contributed by atoms with E-state index in [-0.39, 0.29) is 5.54 Å². The first-order valence-corrected chi connectivity index (χ1v) is 5.09. The molecule has 1 N–H and O–H groups in total. The number of carboxylic acids is 1. The maximum absolute atomic E-state index is 10.8. The fraction of sp³-hybridized carbons (Fsp3) is 0.545. The van der Waals surface area contributed by atoms with E-state index in [1.54, 1.807) is 19.4 Å². The molecule has 4 heteroatoms. The van der Waals surface area contributed by atoms with Crippen LogP contribution < -0.4 is 0 Å². The lowest BCUT2D eigenvalue weighted by Gasteiger charge is -2.42. The van der Waals surface area contributed by atoms with Crippen LogP contribution in [-0.4, -0.2) is 29.4 Å². The van der Waals surface area contributed by atoms with E-state index in [0.29, 0.717) is 12.2 Å². The molecule has 1 aromatic heterocycles. The average molecular weight is 209 g/mol. The van der Waals surface area contributed by atoms with Gasteiger partial charge in [-0.05, 0) is 25.3 Å². The zero-order chi connectivity index (χ0) is 10.9. The Morgan fingerprint density at radius 2 is 2.40 bits per heavy atom. The van der Waals surface area contributed by atoms with Crippen LogP contribution in [0.5, 0.6) is 0 Å². The van der Waals surface area contributed by atoms with Gasteiger partial charge in [0.1, 0.15) is 0 Å². The first-order valence-electron chi connectivity index (χ1n) is 5.09. The van der Waals surface area contributed by atoms with Crippen LogP contribution in [0, 0.1) is 0 Å². The molecule has 4 nitrogen and oxygen atoms in total. The van der Waals surface area contributed by atoms with Crippen molar-refractivity contribution < 1.29 is 14.6 Å². The second kappa shape index (κ2) is 3.70. The number of carboxylic acid groups (broad SMARTS) is 1. The van der Waals surface area contributed by atoms with E-state index in [1.807, 2.05) is 10.8 Å². The summed E-state index contributed by atoms with van der Waals surface area (Å²) < 4.78 is 7.19. The van der Waals surface area contributed by atoms with Gasteiger partial charge in [0.15, 0.2) is 0 Å². The van der Waals surface area contributed by atoms with Crippen LogP contribution in [0.2, 0.25) is 0 Å². The predicted octanol–water partition coefficient (Wildman–Crippen LogP) is 1.71. The number of rotatable bonds is 4. The van der Waals surface area contributed by atoms with Crippen LogP contribution in [-0.2, 0) is 10.3 Å². The molecular formula is C11H15NO3. The van der Waals surface area contributed by atoms with Crippen LogP contribution in [0.3, 0.4) is 0 Å². The molecule has 1 fully saturated rings. The molecule has 0 spiro atoms. The topological polar surface area (TPSA) is 51.5 Å². The Morgan fingerprint density at radius 1 is 1.67 bits per heavy atom. The number of methoxy groups -OCH3 is 1. The van der Waals surface area contributed by atoms with Crippen molar-refractivity contribution in [1.82, 2.24) is 4.57 Å². The number of aromatic nitrogens is 1. The number of ether oxygens (including phenoxy) is 1. The van der Waals surface area contributed by atoms with Crippen LogP contribution >= 0.6 is 0 Å². The summed E-state index contributed by atoms with van der Waals surface area (Å²) in [6.45, 7) is 0.654. The molecule has 0 saturated heterocycles. The summed E-state index contributed by atoms with van der Waals surface area (Å²) in [4.78, 5) is 10.8. The molecule has 0 aliphatic heterocycles. The van der Waals surface area contributed by atoms with Gasteiger partial charge in [-0.3, -0.25) is 0 Å². The van der Waals surface area contributed by atoms with E-state index in [9.17, 15) is 4.79 Å². The molecule has 0 radical (unpaired) electrons. The fourth-order valence-electron chi connectivity index (χ4n) is 2.15. The Balaban J connectivity index is 2.23. The van der Waals surface area contributed by atoms with E-state index in [4.69, 9.17) is 9.84 Å². The van der Waals surface area contributed by atoms with Gasteiger partial charge in [0.25, 0.3) is 0 Å². The van der Waals surface area contributed by atoms with E-state index in [2.05, 4.69) is 0 Å². The first-order chi connectivity index (χ1) is 7.18. The van der Waals surface area contributed by atoms with Crippen molar-refractivity contribution in [2.45, 2.75) is 24.8 Å². The zero-order valence-corrected chi connectivity index (χ0v) is 8.77. The summed E-state index contributed by atoms with van der Waals surface area (Å²) in [5.41, 5.74) is 0.347. The SMILES string of the molecule is COCC1(n2ccc(C(=O)O)c2)CCC1. The van der Waals surface area contributed by atoms with Gasteiger partial charge in [0, 0.05) is 19.5 Å². The molecule has 0 bridgehead atoms. The van der Waals surface area contributed by atoms with Gasteiger partial charge in [0.2, 0.25) is 0 Å². The van der Waals surface area contributed by atoms with Crippen LogP contribution in [0.4, 0.5) is 0 Å². The maximum Gasteiger partial charge on any atom is 0.337 e. The molecular weight excluding hydrogens is 194 g/mol. The summed E-state index contributed by atoms with van der Waals surface area (Å²) in [7, 11) is 1.68. The molecule has 82 valence electrons. The lowest BCUT2D eigenvalue weighted by molar-refractivity contribution is 0.0275. The van der Waals surface area contributed by atoms with Crippen molar-refractivity contribution in [3.63, 3.8) is 0 Å². The Hall–Kier alpha value is -1.29. The molecule has 1 saturated carbocycles. The average Bonchev–Trinajstić information content (AvgIpc) is 2.60.